The number of hydrogen-bond donors (Lipinski definition) is 1. The van der Waals surface area contributed by atoms with Crippen LogP contribution in [0.2, 0.25) is 0 Å². The summed E-state index contributed by atoms with van der Waals surface area (Å²) in [6, 6.07) is 3.58. The van der Waals surface area contributed by atoms with Crippen molar-refractivity contribution in [3.8, 4) is 5.75 Å². The average molecular weight is 371 g/mol. The minimum Gasteiger partial charge on any atom is -0.492 e. The number of sulfonamides is 1. The number of ether oxygens (including phenoxy) is 2. The van der Waals surface area contributed by atoms with Crippen molar-refractivity contribution < 1.29 is 17.9 Å². The molecule has 1 aromatic carbocycles. The van der Waals surface area contributed by atoms with Crippen LogP contribution in [0.4, 0.5) is 0 Å². The minimum atomic E-state index is -3.62. The lowest BCUT2D eigenvalue weighted by molar-refractivity contribution is 0.0390. The highest BCUT2D eigenvalue weighted by Crippen LogP contribution is 2.31. The molecule has 1 aromatic rings. The first-order valence-corrected chi connectivity index (χ1v) is 10.4. The van der Waals surface area contributed by atoms with Crippen LogP contribution in [-0.2, 0) is 14.8 Å². The quantitative estimate of drug-likeness (QED) is 0.759. The van der Waals surface area contributed by atoms with Gasteiger partial charge in [-0.2, -0.15) is 0 Å². The summed E-state index contributed by atoms with van der Waals surface area (Å²) in [5.74, 6) is 0.668. The van der Waals surface area contributed by atoms with Crippen LogP contribution in [0.3, 0.4) is 0 Å². The Labute approximate surface area is 151 Å². The molecule has 1 aliphatic rings. The number of nitrogens with zero attached hydrogens (tertiary/aromatic N) is 1. The van der Waals surface area contributed by atoms with Crippen molar-refractivity contribution in [1.29, 1.82) is 0 Å². The number of hydrogen-bond acceptors (Lipinski definition) is 5. The highest BCUT2D eigenvalue weighted by Gasteiger charge is 2.22. The molecule has 1 heterocycles. The first-order chi connectivity index (χ1) is 11.8. The third kappa shape index (κ3) is 5.41. The summed E-state index contributed by atoms with van der Waals surface area (Å²) in [5, 5.41) is 0. The Morgan fingerprint density at radius 1 is 1.28 bits per heavy atom. The number of benzene rings is 1. The fraction of sp³-hybridized carbons (Fsp3) is 0.667. The molecule has 2 rings (SSSR count). The highest BCUT2D eigenvalue weighted by molar-refractivity contribution is 7.89. The normalized spacial score (nSPS) is 16.4. The lowest BCUT2D eigenvalue weighted by Gasteiger charge is -2.26. The van der Waals surface area contributed by atoms with Gasteiger partial charge in [-0.3, -0.25) is 4.90 Å². The van der Waals surface area contributed by atoms with Gasteiger partial charge in [-0.25, -0.2) is 13.1 Å². The summed E-state index contributed by atoms with van der Waals surface area (Å²) >= 11 is 0. The van der Waals surface area contributed by atoms with E-state index in [1.165, 1.54) is 0 Å². The summed E-state index contributed by atoms with van der Waals surface area (Å²) in [6.45, 7) is 12.5. The van der Waals surface area contributed by atoms with Crippen molar-refractivity contribution in [3.05, 3.63) is 23.3 Å². The van der Waals surface area contributed by atoms with Crippen LogP contribution in [0, 0.1) is 6.92 Å². The van der Waals surface area contributed by atoms with Gasteiger partial charge in [0.2, 0.25) is 10.0 Å². The molecule has 0 bridgehead atoms. The summed E-state index contributed by atoms with van der Waals surface area (Å²) in [4.78, 5) is 2.43. The molecule has 1 saturated heterocycles. The van der Waals surface area contributed by atoms with Gasteiger partial charge < -0.3 is 9.47 Å². The molecule has 0 atom stereocenters. The van der Waals surface area contributed by atoms with Gasteiger partial charge in [0.15, 0.2) is 0 Å². The second-order valence-corrected chi connectivity index (χ2v) is 8.33. The van der Waals surface area contributed by atoms with E-state index in [2.05, 4.69) is 23.5 Å². The maximum atomic E-state index is 12.8. The van der Waals surface area contributed by atoms with E-state index in [0.29, 0.717) is 38.7 Å². The Morgan fingerprint density at radius 2 is 1.96 bits per heavy atom. The largest absolute Gasteiger partial charge is 0.492 e. The van der Waals surface area contributed by atoms with Crippen molar-refractivity contribution in [2.75, 3.05) is 46.0 Å². The second-order valence-electron chi connectivity index (χ2n) is 6.60. The molecule has 0 spiro atoms. The third-order valence-corrected chi connectivity index (χ3v) is 5.85. The van der Waals surface area contributed by atoms with Crippen molar-refractivity contribution >= 4 is 10.0 Å². The van der Waals surface area contributed by atoms with E-state index in [1.807, 2.05) is 19.9 Å². The topological polar surface area (TPSA) is 67.9 Å². The highest BCUT2D eigenvalue weighted by atomic mass is 32.2. The predicted molar refractivity (Wildman–Crippen MR) is 98.9 cm³/mol. The Balaban J connectivity index is 2.16. The average Bonchev–Trinajstić information content (AvgIpc) is 2.55. The van der Waals surface area contributed by atoms with Crippen LogP contribution < -0.4 is 9.46 Å². The molecular weight excluding hydrogens is 340 g/mol. The van der Waals surface area contributed by atoms with Gasteiger partial charge in [-0.1, -0.05) is 13.8 Å². The second kappa shape index (κ2) is 8.98. The molecule has 0 radical (unpaired) electrons. The molecule has 0 saturated carbocycles. The monoisotopic (exact) mass is 370 g/mol. The zero-order chi connectivity index (χ0) is 18.4. The van der Waals surface area contributed by atoms with Crippen LogP contribution in [0.1, 0.15) is 37.8 Å². The Kier molecular flexibility index (Phi) is 7.25. The molecule has 1 fully saturated rings. The van der Waals surface area contributed by atoms with E-state index in [4.69, 9.17) is 9.47 Å². The standard InChI is InChI=1S/C18H30N2O4S/c1-5-24-17-12-15(4)16(14(2)3)13-18(17)25(21,22)19-6-7-20-8-10-23-11-9-20/h12-14,19H,5-11H2,1-4H3. The maximum Gasteiger partial charge on any atom is 0.244 e. The molecule has 1 N–H and O–H groups in total. The van der Waals surface area contributed by atoms with E-state index in [0.717, 1.165) is 24.2 Å². The fourth-order valence-electron chi connectivity index (χ4n) is 3.02. The van der Waals surface area contributed by atoms with Gasteiger partial charge in [-0.15, -0.1) is 0 Å². The SMILES string of the molecule is CCOc1cc(C)c(C(C)C)cc1S(=O)(=O)NCCN1CCOCC1. The van der Waals surface area contributed by atoms with E-state index in [1.54, 1.807) is 6.07 Å². The molecule has 7 heteroatoms. The Hall–Kier alpha value is -1.15. The molecule has 1 aliphatic heterocycles. The van der Waals surface area contributed by atoms with Gasteiger partial charge in [0, 0.05) is 26.2 Å². The zero-order valence-electron chi connectivity index (χ0n) is 15.7. The van der Waals surface area contributed by atoms with E-state index in [-0.39, 0.29) is 10.8 Å². The van der Waals surface area contributed by atoms with Gasteiger partial charge in [0.25, 0.3) is 0 Å². The summed E-state index contributed by atoms with van der Waals surface area (Å²) < 4.78 is 39.3. The number of aryl methyl sites for hydroxylation is 1. The van der Waals surface area contributed by atoms with Gasteiger partial charge in [-0.05, 0) is 43.0 Å². The van der Waals surface area contributed by atoms with Crippen molar-refractivity contribution in [2.45, 2.75) is 38.5 Å². The van der Waals surface area contributed by atoms with Crippen molar-refractivity contribution in [2.24, 2.45) is 0 Å². The molecule has 6 nitrogen and oxygen atoms in total. The van der Waals surface area contributed by atoms with Gasteiger partial charge in [0.05, 0.1) is 19.8 Å². The first-order valence-electron chi connectivity index (χ1n) is 8.92. The third-order valence-electron chi connectivity index (χ3n) is 4.37. The lowest BCUT2D eigenvalue weighted by Crippen LogP contribution is -2.41. The van der Waals surface area contributed by atoms with Crippen LogP contribution in [0.15, 0.2) is 17.0 Å². The van der Waals surface area contributed by atoms with Crippen molar-refractivity contribution in [3.63, 3.8) is 0 Å². The molecule has 142 valence electrons. The number of nitrogens with one attached hydrogen (secondary N) is 1. The zero-order valence-corrected chi connectivity index (χ0v) is 16.5. The van der Waals surface area contributed by atoms with Gasteiger partial charge in [0.1, 0.15) is 10.6 Å². The number of rotatable bonds is 8. The molecule has 0 amide bonds. The van der Waals surface area contributed by atoms with Crippen LogP contribution in [0.5, 0.6) is 5.75 Å². The predicted octanol–water partition coefficient (Wildman–Crippen LogP) is 2.13. The minimum absolute atomic E-state index is 0.227. The van der Waals surface area contributed by atoms with Crippen LogP contribution in [-0.4, -0.2) is 59.3 Å². The number of morpholine rings is 1. The van der Waals surface area contributed by atoms with E-state index >= 15 is 0 Å². The van der Waals surface area contributed by atoms with E-state index in [9.17, 15) is 8.42 Å². The Morgan fingerprint density at radius 3 is 2.56 bits per heavy atom. The molecule has 25 heavy (non-hydrogen) atoms. The molecular formula is C18H30N2O4S. The summed E-state index contributed by atoms with van der Waals surface area (Å²) in [6.07, 6.45) is 0. The van der Waals surface area contributed by atoms with Crippen molar-refractivity contribution in [1.82, 2.24) is 9.62 Å². The molecule has 0 aliphatic carbocycles. The van der Waals surface area contributed by atoms with Crippen LogP contribution in [0.25, 0.3) is 0 Å². The van der Waals surface area contributed by atoms with E-state index < -0.39 is 10.0 Å². The lowest BCUT2D eigenvalue weighted by atomic mass is 9.98. The first kappa shape index (κ1) is 20.2. The molecule has 0 aromatic heterocycles. The molecule has 0 unspecified atom stereocenters. The summed E-state index contributed by atoms with van der Waals surface area (Å²) in [5.41, 5.74) is 2.07. The Bertz CT molecular complexity index is 668. The maximum absolute atomic E-state index is 12.8. The fourth-order valence-corrected chi connectivity index (χ4v) is 4.20. The smallest absolute Gasteiger partial charge is 0.244 e. The summed E-state index contributed by atoms with van der Waals surface area (Å²) in [7, 11) is -3.62. The van der Waals surface area contributed by atoms with Gasteiger partial charge >= 0.3 is 0 Å². The van der Waals surface area contributed by atoms with Crippen LogP contribution >= 0.6 is 0 Å².